The van der Waals surface area contributed by atoms with Crippen molar-refractivity contribution < 1.29 is 9.26 Å². The first-order valence-corrected chi connectivity index (χ1v) is 5.74. The molecule has 0 radical (unpaired) electrons. The molecule has 0 saturated heterocycles. The zero-order chi connectivity index (χ0) is 11.6. The quantitative estimate of drug-likeness (QED) is 0.828. The fourth-order valence-electron chi connectivity index (χ4n) is 2.24. The normalized spacial score (nSPS) is 29.8. The van der Waals surface area contributed by atoms with E-state index in [4.69, 9.17) is 15.0 Å². The summed E-state index contributed by atoms with van der Waals surface area (Å²) in [7, 11) is 1.66. The topological polar surface area (TPSA) is 74.2 Å². The molecule has 16 heavy (non-hydrogen) atoms. The number of methoxy groups -OCH3 is 1. The molecule has 1 aliphatic rings. The predicted molar refractivity (Wildman–Crippen MR) is 59.1 cm³/mol. The molecule has 1 aromatic heterocycles. The lowest BCUT2D eigenvalue weighted by Crippen LogP contribution is -2.38. The number of nitrogens with zero attached hydrogens (tertiary/aromatic N) is 2. The summed E-state index contributed by atoms with van der Waals surface area (Å²) in [6.07, 6.45) is 3.88. The summed E-state index contributed by atoms with van der Waals surface area (Å²) in [6, 6.07) is 0.128. The van der Waals surface area contributed by atoms with Crippen molar-refractivity contribution in [2.75, 3.05) is 13.7 Å². The smallest absolute Gasteiger partial charge is 0.234 e. The fourth-order valence-corrected chi connectivity index (χ4v) is 2.24. The lowest BCUT2D eigenvalue weighted by molar-refractivity contribution is 0.199. The SMILES string of the molecule is COCCc1noc(C2(C)CCCC2N)n1. The van der Waals surface area contributed by atoms with Crippen LogP contribution < -0.4 is 5.73 Å². The minimum atomic E-state index is -0.141. The van der Waals surface area contributed by atoms with Crippen LogP contribution in [0.2, 0.25) is 0 Å². The lowest BCUT2D eigenvalue weighted by atomic mass is 9.85. The summed E-state index contributed by atoms with van der Waals surface area (Å²) in [5.74, 6) is 1.39. The molecule has 1 saturated carbocycles. The number of ether oxygens (including phenoxy) is 1. The Hall–Kier alpha value is -0.940. The second kappa shape index (κ2) is 4.51. The Morgan fingerprint density at radius 2 is 2.44 bits per heavy atom. The zero-order valence-electron chi connectivity index (χ0n) is 9.90. The number of rotatable bonds is 4. The van der Waals surface area contributed by atoms with Crippen molar-refractivity contribution in [2.24, 2.45) is 5.73 Å². The molecule has 0 spiro atoms. The summed E-state index contributed by atoms with van der Waals surface area (Å²) < 4.78 is 10.3. The van der Waals surface area contributed by atoms with Crippen molar-refractivity contribution >= 4 is 0 Å². The number of aromatic nitrogens is 2. The van der Waals surface area contributed by atoms with Crippen LogP contribution in [0.1, 0.15) is 37.9 Å². The average Bonchev–Trinajstić information content (AvgIpc) is 2.85. The number of hydrogen-bond donors (Lipinski definition) is 1. The molecule has 90 valence electrons. The van der Waals surface area contributed by atoms with E-state index in [1.165, 1.54) is 0 Å². The van der Waals surface area contributed by atoms with Gasteiger partial charge in [0.2, 0.25) is 5.89 Å². The third-order valence-electron chi connectivity index (χ3n) is 3.52. The summed E-state index contributed by atoms with van der Waals surface area (Å²) in [4.78, 5) is 4.41. The first-order valence-electron chi connectivity index (χ1n) is 5.74. The highest BCUT2D eigenvalue weighted by atomic mass is 16.5. The van der Waals surface area contributed by atoms with E-state index in [0.29, 0.717) is 24.7 Å². The molecule has 0 aromatic carbocycles. The maximum Gasteiger partial charge on any atom is 0.234 e. The van der Waals surface area contributed by atoms with Crippen LogP contribution in [-0.2, 0) is 16.6 Å². The first-order chi connectivity index (χ1) is 7.66. The molecule has 1 aliphatic carbocycles. The van der Waals surface area contributed by atoms with Crippen molar-refractivity contribution in [3.63, 3.8) is 0 Å². The van der Waals surface area contributed by atoms with Crippen molar-refractivity contribution in [3.8, 4) is 0 Å². The third-order valence-corrected chi connectivity index (χ3v) is 3.52. The van der Waals surface area contributed by atoms with Gasteiger partial charge in [0.15, 0.2) is 5.82 Å². The maximum atomic E-state index is 6.10. The summed E-state index contributed by atoms with van der Waals surface area (Å²) in [6.45, 7) is 2.72. The molecule has 5 nitrogen and oxygen atoms in total. The van der Waals surface area contributed by atoms with Crippen LogP contribution in [0.3, 0.4) is 0 Å². The summed E-state index contributed by atoms with van der Waals surface area (Å²) in [5, 5.41) is 3.96. The third kappa shape index (κ3) is 1.97. The molecular formula is C11H19N3O2. The first kappa shape index (κ1) is 11.5. The number of nitrogens with two attached hydrogens (primary N) is 1. The van der Waals surface area contributed by atoms with Crippen molar-refractivity contribution in [1.29, 1.82) is 0 Å². The molecule has 1 heterocycles. The molecule has 0 amide bonds. The van der Waals surface area contributed by atoms with E-state index in [2.05, 4.69) is 17.1 Å². The van der Waals surface area contributed by atoms with E-state index in [9.17, 15) is 0 Å². The molecule has 1 fully saturated rings. The maximum absolute atomic E-state index is 6.10. The monoisotopic (exact) mass is 225 g/mol. The largest absolute Gasteiger partial charge is 0.384 e. The van der Waals surface area contributed by atoms with E-state index >= 15 is 0 Å². The van der Waals surface area contributed by atoms with Gasteiger partial charge in [-0.1, -0.05) is 11.6 Å². The van der Waals surface area contributed by atoms with Crippen LogP contribution >= 0.6 is 0 Å². The Labute approximate surface area is 95.3 Å². The van der Waals surface area contributed by atoms with Crippen molar-refractivity contribution in [3.05, 3.63) is 11.7 Å². The fraction of sp³-hybridized carbons (Fsp3) is 0.818. The van der Waals surface area contributed by atoms with E-state index in [-0.39, 0.29) is 11.5 Å². The van der Waals surface area contributed by atoms with E-state index in [1.807, 2.05) is 0 Å². The van der Waals surface area contributed by atoms with Crippen LogP contribution in [0.5, 0.6) is 0 Å². The Morgan fingerprint density at radius 3 is 3.06 bits per heavy atom. The molecule has 2 atom stereocenters. The molecule has 0 aliphatic heterocycles. The average molecular weight is 225 g/mol. The second-order valence-electron chi connectivity index (χ2n) is 4.67. The van der Waals surface area contributed by atoms with Gasteiger partial charge < -0.3 is 15.0 Å². The molecule has 1 aromatic rings. The zero-order valence-corrected chi connectivity index (χ0v) is 9.90. The van der Waals surface area contributed by atoms with Gasteiger partial charge in [-0.3, -0.25) is 0 Å². The van der Waals surface area contributed by atoms with Gasteiger partial charge in [0.1, 0.15) is 0 Å². The van der Waals surface area contributed by atoms with E-state index in [0.717, 1.165) is 19.3 Å². The van der Waals surface area contributed by atoms with Gasteiger partial charge in [-0.25, -0.2) is 0 Å². The summed E-state index contributed by atoms with van der Waals surface area (Å²) in [5.41, 5.74) is 5.96. The van der Waals surface area contributed by atoms with Crippen molar-refractivity contribution in [2.45, 2.75) is 44.1 Å². The van der Waals surface area contributed by atoms with E-state index < -0.39 is 0 Å². The van der Waals surface area contributed by atoms with Crippen LogP contribution in [0, 0.1) is 0 Å². The van der Waals surface area contributed by atoms with Gasteiger partial charge in [0, 0.05) is 19.6 Å². The van der Waals surface area contributed by atoms with Crippen LogP contribution in [0.15, 0.2) is 4.52 Å². The molecule has 5 heteroatoms. The van der Waals surface area contributed by atoms with Gasteiger partial charge >= 0.3 is 0 Å². The Morgan fingerprint density at radius 1 is 1.62 bits per heavy atom. The van der Waals surface area contributed by atoms with Gasteiger partial charge in [-0.05, 0) is 19.8 Å². The standard InChI is InChI=1S/C11H19N3O2/c1-11(6-3-4-8(11)12)10-13-9(14-16-10)5-7-15-2/h8H,3-7,12H2,1-2H3. The highest BCUT2D eigenvalue weighted by Gasteiger charge is 2.42. The Balaban J connectivity index is 2.11. The van der Waals surface area contributed by atoms with Crippen molar-refractivity contribution in [1.82, 2.24) is 10.1 Å². The van der Waals surface area contributed by atoms with Crippen LogP contribution in [0.4, 0.5) is 0 Å². The minimum absolute atomic E-state index is 0.128. The Kier molecular flexibility index (Phi) is 3.25. The second-order valence-corrected chi connectivity index (χ2v) is 4.67. The summed E-state index contributed by atoms with van der Waals surface area (Å²) >= 11 is 0. The van der Waals surface area contributed by atoms with E-state index in [1.54, 1.807) is 7.11 Å². The number of hydrogen-bond acceptors (Lipinski definition) is 5. The lowest BCUT2D eigenvalue weighted by Gasteiger charge is -2.23. The molecule has 0 bridgehead atoms. The highest BCUT2D eigenvalue weighted by Crippen LogP contribution is 2.38. The van der Waals surface area contributed by atoms with Gasteiger partial charge in [0.05, 0.1) is 12.0 Å². The van der Waals surface area contributed by atoms with Gasteiger partial charge in [-0.2, -0.15) is 4.98 Å². The molecule has 2 rings (SSSR count). The molecular weight excluding hydrogens is 206 g/mol. The van der Waals surface area contributed by atoms with Crippen LogP contribution in [0.25, 0.3) is 0 Å². The predicted octanol–water partition coefficient (Wildman–Crippen LogP) is 1.03. The minimum Gasteiger partial charge on any atom is -0.384 e. The molecule has 2 unspecified atom stereocenters. The van der Waals surface area contributed by atoms with Crippen LogP contribution in [-0.4, -0.2) is 29.9 Å². The Bertz CT molecular complexity index is 353. The highest BCUT2D eigenvalue weighted by molar-refractivity contribution is 5.11. The van der Waals surface area contributed by atoms with Gasteiger partial charge in [0.25, 0.3) is 0 Å². The van der Waals surface area contributed by atoms with Gasteiger partial charge in [-0.15, -0.1) is 0 Å². The molecule has 2 N–H and O–H groups in total.